The van der Waals surface area contributed by atoms with Crippen molar-refractivity contribution in [3.05, 3.63) is 0 Å². The molecule has 352 valence electrons. The maximum absolute atomic E-state index is 11.7. The van der Waals surface area contributed by atoms with Crippen LogP contribution in [0.5, 0.6) is 0 Å². The predicted molar refractivity (Wildman–Crippen MR) is 214 cm³/mol. The van der Waals surface area contributed by atoms with Gasteiger partial charge in [-0.25, -0.2) is 0 Å². The molecule has 0 saturated carbocycles. The predicted octanol–water partition coefficient (Wildman–Crippen LogP) is -0.293. The van der Waals surface area contributed by atoms with Crippen LogP contribution in [0.15, 0.2) is 0 Å². The van der Waals surface area contributed by atoms with Crippen molar-refractivity contribution in [3.63, 3.8) is 0 Å². The number of methoxy groups -OCH3 is 2. The molecule has 7 aliphatic rings. The first kappa shape index (κ1) is 51.3. The van der Waals surface area contributed by atoms with Crippen molar-refractivity contribution >= 4 is 5.97 Å². The number of aliphatic carboxylic acids is 1. The van der Waals surface area contributed by atoms with Gasteiger partial charge in [0.2, 0.25) is 0 Å². The van der Waals surface area contributed by atoms with Crippen LogP contribution in [0, 0.1) is 29.6 Å². The van der Waals surface area contributed by atoms with Gasteiger partial charge in [0, 0.05) is 76.0 Å². The van der Waals surface area contributed by atoms with Crippen molar-refractivity contribution < 1.29 is 107 Å². The van der Waals surface area contributed by atoms with E-state index >= 15 is 0 Å². The summed E-state index contributed by atoms with van der Waals surface area (Å²) < 4.78 is 65.0. The van der Waals surface area contributed by atoms with Gasteiger partial charge >= 0.3 is 29.6 Å². The SMILES string of the molecule is CO[C@H]1CC[C@H](O[C@H]2C[C@H]([C@H]3O[C@](C)(O)[C@H](C)C[C@@H]3C)O[C@H]2[C@]2(C)CC[C@H]([C@]3(C)CC[C@]4(C[C@H](O)[C@@H](C)[C@@H]([C@@H](C)C5O[C@](O)(CC(=O)[O-])C(C)[C@H](O)[C@H]5OC)O4)O3)O2)O[C@@H]1C.[Na+]. The second kappa shape index (κ2) is 19.1. The first-order chi connectivity index (χ1) is 28.5. The van der Waals surface area contributed by atoms with Gasteiger partial charge in [-0.2, -0.15) is 0 Å². The minimum atomic E-state index is -2.21. The Balaban J connectivity index is 0.00000641. The largest absolute Gasteiger partial charge is 1.00 e. The van der Waals surface area contributed by atoms with E-state index in [2.05, 4.69) is 13.8 Å². The molecule has 62 heavy (non-hydrogen) atoms. The molecule has 0 aromatic carbocycles. The minimum Gasteiger partial charge on any atom is -0.550 e. The summed E-state index contributed by atoms with van der Waals surface area (Å²) in [6, 6.07) is 0. The summed E-state index contributed by atoms with van der Waals surface area (Å²) in [5.74, 6) is -8.06. The van der Waals surface area contributed by atoms with Crippen LogP contribution in [0.25, 0.3) is 0 Å². The Morgan fingerprint density at radius 3 is 2.19 bits per heavy atom. The van der Waals surface area contributed by atoms with Crippen molar-refractivity contribution in [3.8, 4) is 0 Å². The number of aliphatic hydroxyl groups is 4. The molecule has 0 bridgehead atoms. The molecule has 23 atom stereocenters. The summed E-state index contributed by atoms with van der Waals surface area (Å²) in [7, 11) is 3.13. The van der Waals surface area contributed by atoms with Crippen LogP contribution >= 0.6 is 0 Å². The Morgan fingerprint density at radius 2 is 1.55 bits per heavy atom. The fraction of sp³-hybridized carbons (Fsp3) is 0.978. The van der Waals surface area contributed by atoms with E-state index in [1.54, 1.807) is 14.0 Å². The molecule has 7 rings (SSSR count). The topological polar surface area (TPSA) is 213 Å². The number of carbonyl (C=O) groups is 1. The summed E-state index contributed by atoms with van der Waals surface area (Å²) in [4.78, 5) is 11.7. The second-order valence-electron chi connectivity index (χ2n) is 20.7. The number of carboxylic acids is 1. The number of ether oxygens (including phenoxy) is 10. The standard InChI is InChI=1S/C45H76O16.Na/c1-22-18-23(2)43(9,50)58-36(22)30-19-31(55-34-13-12-29(52-10)27(6)54-34)40(56-30)42(8)15-14-32(57-42)41(7)16-17-44(61-41)20-28(46)24(3)37(59-44)25(4)38-39(53-11)35(49)26(5)45(51,60-38)21-33(47)48;/h22-32,34-40,46,49-51H,12-21H2,1-11H3,(H,47,48);/q;+1/p-1/t22-,23+,24+,25+,26?,27+,28-,29-,30+,31-,32+,34-,35-,36-,37-,38?,39+,40+,41-,42-,43-,44+,45+;/m0./s1. The van der Waals surface area contributed by atoms with Gasteiger partial charge in [0.1, 0.15) is 12.2 Å². The molecule has 4 N–H and O–H groups in total. The fourth-order valence-corrected chi connectivity index (χ4v) is 12.0. The minimum absolute atomic E-state index is 0. The number of aliphatic hydroxyl groups excluding tert-OH is 2. The third-order valence-corrected chi connectivity index (χ3v) is 16.2. The number of hydrogen-bond acceptors (Lipinski definition) is 16. The molecule has 0 amide bonds. The van der Waals surface area contributed by atoms with E-state index in [0.717, 1.165) is 12.8 Å². The van der Waals surface area contributed by atoms with E-state index in [1.807, 2.05) is 34.6 Å². The van der Waals surface area contributed by atoms with Crippen LogP contribution in [0.3, 0.4) is 0 Å². The Hall–Kier alpha value is -0.0900. The third-order valence-electron chi connectivity index (χ3n) is 16.2. The fourth-order valence-electron chi connectivity index (χ4n) is 12.0. The molecule has 16 nitrogen and oxygen atoms in total. The molecule has 7 fully saturated rings. The van der Waals surface area contributed by atoms with Crippen molar-refractivity contribution in [2.24, 2.45) is 29.6 Å². The van der Waals surface area contributed by atoms with Crippen LogP contribution in [-0.2, 0) is 52.2 Å². The zero-order chi connectivity index (χ0) is 44.6. The Bertz CT molecular complexity index is 1540. The first-order valence-electron chi connectivity index (χ1n) is 22.9. The van der Waals surface area contributed by atoms with Gasteiger partial charge in [-0.05, 0) is 65.7 Å². The van der Waals surface area contributed by atoms with E-state index in [4.69, 9.17) is 47.4 Å². The molecular formula is C45H75NaO16. The maximum Gasteiger partial charge on any atom is 1.00 e. The molecule has 7 heterocycles. The van der Waals surface area contributed by atoms with E-state index in [0.29, 0.717) is 38.5 Å². The van der Waals surface area contributed by atoms with Crippen LogP contribution in [0.4, 0.5) is 0 Å². The zero-order valence-electron chi connectivity index (χ0n) is 39.2. The summed E-state index contributed by atoms with van der Waals surface area (Å²) in [5, 5.41) is 57.1. The molecule has 0 radical (unpaired) electrons. The van der Waals surface area contributed by atoms with E-state index in [-0.39, 0.29) is 84.4 Å². The van der Waals surface area contributed by atoms with Crippen LogP contribution in [0.2, 0.25) is 0 Å². The van der Waals surface area contributed by atoms with Gasteiger partial charge < -0.3 is 77.7 Å². The first-order valence-corrected chi connectivity index (χ1v) is 22.9. The molecule has 7 aliphatic heterocycles. The van der Waals surface area contributed by atoms with Gasteiger partial charge in [-0.3, -0.25) is 0 Å². The number of hydrogen-bond donors (Lipinski definition) is 4. The van der Waals surface area contributed by atoms with Gasteiger partial charge in [-0.15, -0.1) is 0 Å². The molecule has 2 unspecified atom stereocenters. The Morgan fingerprint density at radius 1 is 0.839 bits per heavy atom. The molecule has 1 spiro atoms. The molecule has 0 aromatic rings. The molecule has 17 heteroatoms. The normalized spacial score (nSPS) is 54.0. The Labute approximate surface area is 389 Å². The van der Waals surface area contributed by atoms with E-state index in [1.165, 1.54) is 14.0 Å². The van der Waals surface area contributed by atoms with Crippen molar-refractivity contribution in [2.45, 2.75) is 235 Å². The van der Waals surface area contributed by atoms with Gasteiger partial charge in [-0.1, -0.05) is 34.6 Å². The molecular weight excluding hydrogens is 819 g/mol. The monoisotopic (exact) mass is 894 g/mol. The van der Waals surface area contributed by atoms with Gasteiger partial charge in [0.25, 0.3) is 0 Å². The van der Waals surface area contributed by atoms with Crippen molar-refractivity contribution in [1.29, 1.82) is 0 Å². The second-order valence-corrected chi connectivity index (χ2v) is 20.7. The number of carbonyl (C=O) groups excluding carboxylic acids is 1. The number of rotatable bonds is 11. The summed E-state index contributed by atoms with van der Waals surface area (Å²) >= 11 is 0. The summed E-state index contributed by atoms with van der Waals surface area (Å²) in [6.45, 7) is 17.2. The molecule has 0 aliphatic carbocycles. The summed E-state index contributed by atoms with van der Waals surface area (Å²) in [6.07, 6.45) is -2.54. The summed E-state index contributed by atoms with van der Waals surface area (Å²) in [5.41, 5.74) is -1.58. The number of carboxylic acid groups (broad SMARTS) is 1. The van der Waals surface area contributed by atoms with Crippen molar-refractivity contribution in [1.82, 2.24) is 0 Å². The van der Waals surface area contributed by atoms with E-state index < -0.39 is 102 Å². The van der Waals surface area contributed by atoms with Crippen LogP contribution in [0.1, 0.15) is 127 Å². The van der Waals surface area contributed by atoms with Gasteiger partial charge in [0.05, 0.1) is 72.2 Å². The quantitative estimate of drug-likeness (QED) is 0.196. The van der Waals surface area contributed by atoms with Crippen LogP contribution < -0.4 is 34.7 Å². The zero-order valence-corrected chi connectivity index (χ0v) is 41.2. The van der Waals surface area contributed by atoms with Crippen LogP contribution in [-0.4, -0.2) is 149 Å². The smallest absolute Gasteiger partial charge is 0.550 e. The van der Waals surface area contributed by atoms with Crippen molar-refractivity contribution in [2.75, 3.05) is 14.2 Å². The maximum atomic E-state index is 11.7. The average Bonchev–Trinajstić information content (AvgIpc) is 3.89. The Kier molecular flexibility index (Phi) is 15.8. The van der Waals surface area contributed by atoms with Gasteiger partial charge in [0.15, 0.2) is 23.7 Å². The molecule has 0 aromatic heterocycles. The molecule has 7 saturated heterocycles. The average molecular weight is 895 g/mol. The van der Waals surface area contributed by atoms with E-state index in [9.17, 15) is 30.3 Å². The third kappa shape index (κ3) is 9.77.